The van der Waals surface area contributed by atoms with E-state index in [0.29, 0.717) is 48.8 Å². The number of morpholine rings is 1. The molecule has 1 amide bonds. The second-order valence-electron chi connectivity index (χ2n) is 7.58. The molecular formula is C22H24ClN3O4. The Morgan fingerprint density at radius 1 is 1.20 bits per heavy atom. The van der Waals surface area contributed by atoms with Crippen molar-refractivity contribution < 1.29 is 14.3 Å². The van der Waals surface area contributed by atoms with E-state index in [2.05, 4.69) is 15.2 Å². The van der Waals surface area contributed by atoms with Gasteiger partial charge in [0.05, 0.1) is 19.3 Å². The monoisotopic (exact) mass is 429 g/mol. The van der Waals surface area contributed by atoms with E-state index in [0.717, 1.165) is 18.7 Å². The molecule has 2 heterocycles. The van der Waals surface area contributed by atoms with Crippen molar-refractivity contribution in [2.24, 2.45) is 0 Å². The number of aromatic amines is 1. The predicted molar refractivity (Wildman–Crippen MR) is 113 cm³/mol. The van der Waals surface area contributed by atoms with Crippen LogP contribution in [-0.2, 0) is 11.2 Å². The first-order valence-corrected chi connectivity index (χ1v) is 10.6. The molecule has 8 heteroatoms. The van der Waals surface area contributed by atoms with Crippen LogP contribution in [0.1, 0.15) is 50.9 Å². The van der Waals surface area contributed by atoms with E-state index in [9.17, 15) is 14.4 Å². The van der Waals surface area contributed by atoms with Gasteiger partial charge >= 0.3 is 0 Å². The largest absolute Gasteiger partial charge is 0.379 e. The van der Waals surface area contributed by atoms with Crippen LogP contribution in [0.4, 0.5) is 0 Å². The number of fused-ring (bicyclic) bond motifs is 1. The molecule has 2 aliphatic rings. The molecule has 2 N–H and O–H groups in total. The number of benzene rings is 1. The molecule has 1 aromatic carbocycles. The zero-order chi connectivity index (χ0) is 21.1. The van der Waals surface area contributed by atoms with Crippen LogP contribution >= 0.6 is 11.6 Å². The second-order valence-corrected chi connectivity index (χ2v) is 7.98. The molecule has 4 rings (SSSR count). The number of carbonyl (C=O) groups is 2. The molecule has 0 bridgehead atoms. The summed E-state index contributed by atoms with van der Waals surface area (Å²) in [6.07, 6.45) is 1.79. The topological polar surface area (TPSA) is 91.5 Å². The molecule has 1 saturated heterocycles. The third kappa shape index (κ3) is 4.33. The van der Waals surface area contributed by atoms with Crippen molar-refractivity contribution in [3.63, 3.8) is 0 Å². The van der Waals surface area contributed by atoms with Crippen molar-refractivity contribution >= 4 is 23.3 Å². The molecule has 0 saturated carbocycles. The van der Waals surface area contributed by atoms with Crippen molar-refractivity contribution in [3.8, 4) is 0 Å². The number of hydrogen-bond acceptors (Lipinski definition) is 5. The van der Waals surface area contributed by atoms with Crippen LogP contribution in [0.5, 0.6) is 0 Å². The Kier molecular flexibility index (Phi) is 6.32. The summed E-state index contributed by atoms with van der Waals surface area (Å²) in [5.41, 5.74) is 1.47. The Labute approximate surface area is 179 Å². The molecule has 2 aromatic rings. The predicted octanol–water partition coefficient (Wildman–Crippen LogP) is 2.35. The van der Waals surface area contributed by atoms with Gasteiger partial charge in [-0.3, -0.25) is 19.3 Å². The maximum atomic E-state index is 12.8. The summed E-state index contributed by atoms with van der Waals surface area (Å²) in [7, 11) is 0. The molecule has 0 spiro atoms. The van der Waals surface area contributed by atoms with Gasteiger partial charge in [0, 0.05) is 42.3 Å². The number of hydrogen-bond donors (Lipinski definition) is 2. The van der Waals surface area contributed by atoms with Gasteiger partial charge in [-0.1, -0.05) is 29.8 Å². The van der Waals surface area contributed by atoms with Gasteiger partial charge in [-0.05, 0) is 30.5 Å². The molecule has 30 heavy (non-hydrogen) atoms. The summed E-state index contributed by atoms with van der Waals surface area (Å²) in [4.78, 5) is 42.4. The number of ketones is 1. The van der Waals surface area contributed by atoms with E-state index in [-0.39, 0.29) is 23.9 Å². The van der Waals surface area contributed by atoms with Crippen molar-refractivity contribution in [3.05, 3.63) is 68.1 Å². The van der Waals surface area contributed by atoms with E-state index in [4.69, 9.17) is 16.3 Å². The van der Waals surface area contributed by atoms with Crippen LogP contribution in [0.3, 0.4) is 0 Å². The minimum atomic E-state index is -0.497. The van der Waals surface area contributed by atoms with Gasteiger partial charge in [-0.2, -0.15) is 0 Å². The summed E-state index contributed by atoms with van der Waals surface area (Å²) in [5.74, 6) is -0.536. The van der Waals surface area contributed by atoms with E-state index in [1.807, 2.05) is 24.3 Å². The van der Waals surface area contributed by atoms with Crippen LogP contribution in [0.15, 0.2) is 35.1 Å². The zero-order valence-corrected chi connectivity index (χ0v) is 17.3. The van der Waals surface area contributed by atoms with Crippen LogP contribution in [0.25, 0.3) is 0 Å². The minimum Gasteiger partial charge on any atom is -0.379 e. The lowest BCUT2D eigenvalue weighted by molar-refractivity contribution is 0.0162. The van der Waals surface area contributed by atoms with Gasteiger partial charge in [0.1, 0.15) is 5.56 Å². The number of Topliss-reactive ketones (excluding diaryl/α,β-unsaturated/α-hetero) is 1. The zero-order valence-electron chi connectivity index (χ0n) is 16.6. The Hall–Kier alpha value is -2.48. The lowest BCUT2D eigenvalue weighted by atomic mass is 9.93. The van der Waals surface area contributed by atoms with Gasteiger partial charge in [0.2, 0.25) is 0 Å². The highest BCUT2D eigenvalue weighted by Gasteiger charge is 2.26. The number of amides is 1. The van der Waals surface area contributed by atoms with E-state index < -0.39 is 11.5 Å². The Bertz CT molecular complexity index is 1010. The van der Waals surface area contributed by atoms with Gasteiger partial charge in [-0.25, -0.2) is 0 Å². The quantitative estimate of drug-likeness (QED) is 0.761. The number of aromatic nitrogens is 1. The summed E-state index contributed by atoms with van der Waals surface area (Å²) in [5, 5.41) is 3.50. The molecular weight excluding hydrogens is 406 g/mol. The minimum absolute atomic E-state index is 0.0381. The molecule has 1 fully saturated rings. The normalized spacial score (nSPS) is 18.0. The third-order valence-corrected chi connectivity index (χ3v) is 6.05. The lowest BCUT2D eigenvalue weighted by Crippen LogP contribution is -2.44. The number of rotatable bonds is 5. The maximum Gasteiger partial charge on any atom is 0.261 e. The summed E-state index contributed by atoms with van der Waals surface area (Å²) in [6.45, 7) is 2.95. The Balaban J connectivity index is 1.56. The van der Waals surface area contributed by atoms with Gasteiger partial charge in [0.15, 0.2) is 5.78 Å². The molecule has 1 atom stereocenters. The highest BCUT2D eigenvalue weighted by molar-refractivity contribution is 6.31. The number of ether oxygens (including phenoxy) is 1. The first-order chi connectivity index (χ1) is 14.5. The fourth-order valence-corrected chi connectivity index (χ4v) is 4.36. The highest BCUT2D eigenvalue weighted by atomic mass is 35.5. The van der Waals surface area contributed by atoms with Crippen LogP contribution < -0.4 is 10.9 Å². The number of H-pyrrole nitrogens is 1. The number of pyridine rings is 1. The van der Waals surface area contributed by atoms with Crippen molar-refractivity contribution in [2.45, 2.75) is 25.3 Å². The lowest BCUT2D eigenvalue weighted by Gasteiger charge is -2.35. The van der Waals surface area contributed by atoms with Gasteiger partial charge in [-0.15, -0.1) is 0 Å². The van der Waals surface area contributed by atoms with Crippen LogP contribution in [0.2, 0.25) is 5.02 Å². The first kappa shape index (κ1) is 20.8. The van der Waals surface area contributed by atoms with Crippen LogP contribution in [0, 0.1) is 0 Å². The number of nitrogens with zero attached hydrogens (tertiary/aromatic N) is 1. The third-order valence-electron chi connectivity index (χ3n) is 5.71. The molecule has 1 aliphatic heterocycles. The van der Waals surface area contributed by atoms with Crippen molar-refractivity contribution in [2.75, 3.05) is 32.8 Å². The summed E-state index contributed by atoms with van der Waals surface area (Å²) < 4.78 is 5.45. The fraction of sp³-hybridized carbons (Fsp3) is 0.409. The van der Waals surface area contributed by atoms with Gasteiger partial charge < -0.3 is 15.0 Å². The average Bonchev–Trinajstić information content (AvgIpc) is 2.75. The smallest absolute Gasteiger partial charge is 0.261 e. The Morgan fingerprint density at radius 3 is 2.73 bits per heavy atom. The van der Waals surface area contributed by atoms with Gasteiger partial charge in [0.25, 0.3) is 11.5 Å². The molecule has 1 aliphatic carbocycles. The molecule has 158 valence electrons. The number of carbonyl (C=O) groups excluding carboxylic acids is 2. The first-order valence-electron chi connectivity index (χ1n) is 10.2. The van der Waals surface area contributed by atoms with Crippen molar-refractivity contribution in [1.82, 2.24) is 15.2 Å². The van der Waals surface area contributed by atoms with E-state index >= 15 is 0 Å². The molecule has 1 aromatic heterocycles. The SMILES string of the molecule is O=C1CCCc2[nH]c(=O)c(C(=O)NC[C@@H](c3ccccc3Cl)N3CCOCC3)cc21. The number of nitrogens with one attached hydrogen (secondary N) is 2. The highest BCUT2D eigenvalue weighted by Crippen LogP contribution is 2.28. The summed E-state index contributed by atoms with van der Waals surface area (Å²) >= 11 is 6.43. The van der Waals surface area contributed by atoms with Crippen LogP contribution in [-0.4, -0.2) is 54.4 Å². The number of aryl methyl sites for hydroxylation is 1. The van der Waals surface area contributed by atoms with Crippen molar-refractivity contribution in [1.29, 1.82) is 0 Å². The fourth-order valence-electron chi connectivity index (χ4n) is 4.10. The number of halogens is 1. The standard InChI is InChI=1S/C22H24ClN3O4/c23-17-5-2-1-4-14(17)19(26-8-10-30-11-9-26)13-24-21(28)16-12-15-18(25-22(16)29)6-3-7-20(15)27/h1-2,4-5,12,19H,3,6-11,13H2,(H,24,28)(H,25,29)/t19-/m0/s1. The molecule has 0 radical (unpaired) electrons. The second kappa shape index (κ2) is 9.12. The van der Waals surface area contributed by atoms with E-state index in [1.54, 1.807) is 0 Å². The maximum absolute atomic E-state index is 12.8. The average molecular weight is 430 g/mol. The molecule has 7 nitrogen and oxygen atoms in total. The van der Waals surface area contributed by atoms with E-state index in [1.165, 1.54) is 6.07 Å². The summed E-state index contributed by atoms with van der Waals surface area (Å²) in [6, 6.07) is 8.83. The molecule has 0 unspecified atom stereocenters. The Morgan fingerprint density at radius 2 is 1.97 bits per heavy atom.